The van der Waals surface area contributed by atoms with Crippen molar-refractivity contribution in [3.05, 3.63) is 61.1 Å². The molecule has 0 radical (unpaired) electrons. The number of aromatic nitrogens is 4. The molecular weight excluding hydrogens is 231 g/mol. The van der Waals surface area contributed by atoms with Gasteiger partial charge in [0.25, 0.3) is 0 Å². The van der Waals surface area contributed by atoms with E-state index in [1.165, 1.54) is 18.5 Å². The average Bonchev–Trinajstić information content (AvgIpc) is 2.90. The van der Waals surface area contributed by atoms with Crippen molar-refractivity contribution in [2.75, 3.05) is 0 Å². The van der Waals surface area contributed by atoms with Gasteiger partial charge >= 0.3 is 0 Å². The van der Waals surface area contributed by atoms with Crippen LogP contribution in [-0.2, 0) is 0 Å². The smallest absolute Gasteiger partial charge is 0.123 e. The lowest BCUT2D eigenvalue weighted by Gasteiger charge is -2.06. The summed E-state index contributed by atoms with van der Waals surface area (Å²) in [6, 6.07) is 8.03. The number of hydrogen-bond acceptors (Lipinski definition) is 3. The molecule has 1 aromatic carbocycles. The minimum absolute atomic E-state index is 0.268. The fourth-order valence-corrected chi connectivity index (χ4v) is 1.74. The van der Waals surface area contributed by atoms with Gasteiger partial charge < -0.3 is 0 Å². The van der Waals surface area contributed by atoms with Gasteiger partial charge in [0.15, 0.2) is 0 Å². The van der Waals surface area contributed by atoms with E-state index in [-0.39, 0.29) is 5.82 Å². The van der Waals surface area contributed by atoms with Crippen LogP contribution in [0.3, 0.4) is 0 Å². The van der Waals surface area contributed by atoms with Crippen LogP contribution in [-0.4, -0.2) is 19.7 Å². The van der Waals surface area contributed by atoms with Crippen LogP contribution in [0.2, 0.25) is 0 Å². The zero-order valence-corrected chi connectivity index (χ0v) is 9.36. The quantitative estimate of drug-likeness (QED) is 0.691. The SMILES string of the molecule is Fc1ccc(-n2nccc2-c2cncnc2)cc1. The summed E-state index contributed by atoms with van der Waals surface area (Å²) in [7, 11) is 0. The largest absolute Gasteiger partial charge is 0.244 e. The van der Waals surface area contributed by atoms with Gasteiger partial charge in [-0.05, 0) is 30.3 Å². The Hall–Kier alpha value is -2.56. The lowest BCUT2D eigenvalue weighted by atomic mass is 10.2. The first-order valence-corrected chi connectivity index (χ1v) is 5.40. The maximum Gasteiger partial charge on any atom is 0.123 e. The molecule has 0 aliphatic carbocycles. The molecule has 88 valence electrons. The van der Waals surface area contributed by atoms with Gasteiger partial charge in [0.05, 0.1) is 17.6 Å². The summed E-state index contributed by atoms with van der Waals surface area (Å²) in [5.74, 6) is -0.268. The molecule has 2 aromatic heterocycles. The van der Waals surface area contributed by atoms with E-state index in [2.05, 4.69) is 15.1 Å². The second-order valence-corrected chi connectivity index (χ2v) is 3.73. The maximum atomic E-state index is 12.9. The lowest BCUT2D eigenvalue weighted by Crippen LogP contribution is -1.99. The number of benzene rings is 1. The molecule has 3 rings (SSSR count). The third kappa shape index (κ3) is 1.86. The van der Waals surface area contributed by atoms with E-state index in [0.29, 0.717) is 0 Å². The molecule has 0 fully saturated rings. The molecule has 2 heterocycles. The second kappa shape index (κ2) is 4.37. The van der Waals surface area contributed by atoms with Crippen molar-refractivity contribution in [1.29, 1.82) is 0 Å². The number of rotatable bonds is 2. The second-order valence-electron chi connectivity index (χ2n) is 3.73. The van der Waals surface area contributed by atoms with Crippen LogP contribution in [0.25, 0.3) is 16.9 Å². The van der Waals surface area contributed by atoms with Gasteiger partial charge in [-0.3, -0.25) is 0 Å². The molecule has 4 nitrogen and oxygen atoms in total. The van der Waals surface area contributed by atoms with Gasteiger partial charge in [0.2, 0.25) is 0 Å². The predicted molar refractivity (Wildman–Crippen MR) is 64.5 cm³/mol. The summed E-state index contributed by atoms with van der Waals surface area (Å²) >= 11 is 0. The van der Waals surface area contributed by atoms with Crippen molar-refractivity contribution < 1.29 is 4.39 Å². The Kier molecular flexibility index (Phi) is 2.57. The molecule has 0 aliphatic heterocycles. The Labute approximate surface area is 103 Å². The van der Waals surface area contributed by atoms with Crippen molar-refractivity contribution in [3.8, 4) is 16.9 Å². The number of nitrogens with zero attached hydrogens (tertiary/aromatic N) is 4. The number of hydrogen-bond donors (Lipinski definition) is 0. The van der Waals surface area contributed by atoms with Crippen LogP contribution in [0, 0.1) is 5.82 Å². The zero-order chi connectivity index (χ0) is 12.4. The van der Waals surface area contributed by atoms with E-state index < -0.39 is 0 Å². The van der Waals surface area contributed by atoms with Gasteiger partial charge in [0, 0.05) is 18.0 Å². The summed E-state index contributed by atoms with van der Waals surface area (Å²) in [6.45, 7) is 0. The van der Waals surface area contributed by atoms with Gasteiger partial charge in [-0.2, -0.15) is 5.10 Å². The fraction of sp³-hybridized carbons (Fsp3) is 0. The molecule has 0 spiro atoms. The summed E-state index contributed by atoms with van der Waals surface area (Å²) in [6.07, 6.45) is 6.59. The van der Waals surface area contributed by atoms with E-state index in [1.54, 1.807) is 35.4 Å². The van der Waals surface area contributed by atoms with Crippen molar-refractivity contribution in [2.45, 2.75) is 0 Å². The highest BCUT2D eigenvalue weighted by Gasteiger charge is 2.07. The van der Waals surface area contributed by atoms with Crippen LogP contribution in [0.1, 0.15) is 0 Å². The molecule has 0 atom stereocenters. The molecule has 5 heteroatoms. The Bertz CT molecular complexity index is 646. The molecule has 18 heavy (non-hydrogen) atoms. The molecule has 0 bridgehead atoms. The van der Waals surface area contributed by atoms with Crippen LogP contribution >= 0.6 is 0 Å². The first kappa shape index (κ1) is 10.6. The monoisotopic (exact) mass is 240 g/mol. The Balaban J connectivity index is 2.10. The molecular formula is C13H9FN4. The molecule has 0 saturated heterocycles. The van der Waals surface area contributed by atoms with E-state index in [0.717, 1.165) is 16.9 Å². The summed E-state index contributed by atoms with van der Waals surface area (Å²) in [5, 5.41) is 4.23. The van der Waals surface area contributed by atoms with Crippen molar-refractivity contribution in [1.82, 2.24) is 19.7 Å². The van der Waals surface area contributed by atoms with Crippen LogP contribution < -0.4 is 0 Å². The van der Waals surface area contributed by atoms with Gasteiger partial charge in [-0.1, -0.05) is 0 Å². The highest BCUT2D eigenvalue weighted by molar-refractivity contribution is 5.59. The van der Waals surface area contributed by atoms with Crippen molar-refractivity contribution in [3.63, 3.8) is 0 Å². The molecule has 0 aliphatic rings. The van der Waals surface area contributed by atoms with Gasteiger partial charge in [-0.25, -0.2) is 19.0 Å². The van der Waals surface area contributed by atoms with Gasteiger partial charge in [0.1, 0.15) is 12.1 Å². The zero-order valence-electron chi connectivity index (χ0n) is 9.36. The molecule has 0 amide bonds. The molecule has 3 aromatic rings. The molecule has 0 saturated carbocycles. The number of halogens is 1. The molecule has 0 N–H and O–H groups in total. The third-order valence-corrected chi connectivity index (χ3v) is 2.57. The summed E-state index contributed by atoms with van der Waals surface area (Å²) in [4.78, 5) is 7.95. The van der Waals surface area contributed by atoms with E-state index in [9.17, 15) is 4.39 Å². The highest BCUT2D eigenvalue weighted by atomic mass is 19.1. The summed E-state index contributed by atoms with van der Waals surface area (Å²) in [5.41, 5.74) is 2.52. The topological polar surface area (TPSA) is 43.6 Å². The maximum absolute atomic E-state index is 12.9. The average molecular weight is 240 g/mol. The Morgan fingerprint density at radius 2 is 1.67 bits per heavy atom. The standard InChI is InChI=1S/C13H9FN4/c14-11-1-3-12(4-2-11)18-13(5-6-17-18)10-7-15-9-16-8-10/h1-9H. The first-order valence-electron chi connectivity index (χ1n) is 5.40. The highest BCUT2D eigenvalue weighted by Crippen LogP contribution is 2.20. The van der Waals surface area contributed by atoms with Gasteiger partial charge in [-0.15, -0.1) is 0 Å². The van der Waals surface area contributed by atoms with Crippen LogP contribution in [0.15, 0.2) is 55.2 Å². The van der Waals surface area contributed by atoms with E-state index >= 15 is 0 Å². The normalized spacial score (nSPS) is 10.5. The minimum Gasteiger partial charge on any atom is -0.244 e. The van der Waals surface area contributed by atoms with Crippen molar-refractivity contribution in [2.24, 2.45) is 0 Å². The molecule has 0 unspecified atom stereocenters. The van der Waals surface area contributed by atoms with Crippen LogP contribution in [0.5, 0.6) is 0 Å². The van der Waals surface area contributed by atoms with E-state index in [4.69, 9.17) is 0 Å². The Morgan fingerprint density at radius 3 is 2.39 bits per heavy atom. The minimum atomic E-state index is -0.268. The fourth-order valence-electron chi connectivity index (χ4n) is 1.74. The Morgan fingerprint density at radius 1 is 0.944 bits per heavy atom. The first-order chi connectivity index (χ1) is 8.84. The van der Waals surface area contributed by atoms with Crippen molar-refractivity contribution >= 4 is 0 Å². The van der Waals surface area contributed by atoms with Crippen LogP contribution in [0.4, 0.5) is 4.39 Å². The predicted octanol–water partition coefficient (Wildman–Crippen LogP) is 2.47. The lowest BCUT2D eigenvalue weighted by molar-refractivity contribution is 0.627. The van der Waals surface area contributed by atoms with E-state index in [1.807, 2.05) is 6.07 Å². The summed E-state index contributed by atoms with van der Waals surface area (Å²) < 4.78 is 14.6. The third-order valence-electron chi connectivity index (χ3n) is 2.57.